The van der Waals surface area contributed by atoms with E-state index in [9.17, 15) is 4.79 Å². The molecule has 3 heteroatoms. The lowest BCUT2D eigenvalue weighted by Gasteiger charge is -1.95. The second-order valence-electron chi connectivity index (χ2n) is 2.37. The van der Waals surface area contributed by atoms with Crippen LogP contribution in [0.2, 0.25) is 0 Å². The monoisotopic (exact) mass is 115 g/mol. The summed E-state index contributed by atoms with van der Waals surface area (Å²) in [7, 11) is 0. The Morgan fingerprint density at radius 1 is 1.88 bits per heavy atom. The van der Waals surface area contributed by atoms with Gasteiger partial charge in [-0.25, -0.2) is 0 Å². The van der Waals surface area contributed by atoms with Crippen molar-refractivity contribution in [1.82, 2.24) is 5.32 Å². The van der Waals surface area contributed by atoms with Gasteiger partial charge in [0.15, 0.2) is 0 Å². The van der Waals surface area contributed by atoms with Crippen LogP contribution < -0.4 is 5.32 Å². The first-order chi connectivity index (χ1) is 3.57. The molecule has 1 heterocycles. The first kappa shape index (κ1) is 5.56. The van der Waals surface area contributed by atoms with Gasteiger partial charge in [-0.15, -0.1) is 0 Å². The number of carboxylic acid groups (broad SMARTS) is 1. The Morgan fingerprint density at radius 2 is 2.25 bits per heavy atom. The fourth-order valence-electron chi connectivity index (χ4n) is 0.655. The Balaban J connectivity index is 2.60. The molecule has 1 unspecified atom stereocenters. The minimum absolute atomic E-state index is 0.139. The van der Waals surface area contributed by atoms with Crippen LogP contribution in [0.5, 0.6) is 0 Å². The molecular weight excluding hydrogens is 106 g/mol. The molecule has 0 radical (unpaired) electrons. The molecule has 0 aliphatic carbocycles. The van der Waals surface area contributed by atoms with E-state index in [-0.39, 0.29) is 6.04 Å². The van der Waals surface area contributed by atoms with Crippen LogP contribution in [0.1, 0.15) is 13.8 Å². The van der Waals surface area contributed by atoms with Gasteiger partial charge in [-0.3, -0.25) is 10.1 Å². The van der Waals surface area contributed by atoms with Gasteiger partial charge in [0.1, 0.15) is 5.54 Å². The van der Waals surface area contributed by atoms with E-state index in [1.54, 1.807) is 6.92 Å². The highest BCUT2D eigenvalue weighted by Gasteiger charge is 2.52. The molecule has 0 aromatic heterocycles. The van der Waals surface area contributed by atoms with Gasteiger partial charge in [0.2, 0.25) is 0 Å². The molecule has 3 nitrogen and oxygen atoms in total. The van der Waals surface area contributed by atoms with Gasteiger partial charge in [0, 0.05) is 6.04 Å². The minimum Gasteiger partial charge on any atom is -0.480 e. The van der Waals surface area contributed by atoms with Crippen LogP contribution in [0.25, 0.3) is 0 Å². The van der Waals surface area contributed by atoms with Crippen molar-refractivity contribution in [3.8, 4) is 0 Å². The Labute approximate surface area is 47.7 Å². The first-order valence-electron chi connectivity index (χ1n) is 2.58. The number of hydrogen-bond donors (Lipinski definition) is 2. The van der Waals surface area contributed by atoms with Crippen molar-refractivity contribution < 1.29 is 9.90 Å². The molecule has 1 aliphatic rings. The highest BCUT2D eigenvalue weighted by atomic mass is 16.4. The van der Waals surface area contributed by atoms with Crippen LogP contribution in [-0.2, 0) is 4.79 Å². The number of rotatable bonds is 1. The van der Waals surface area contributed by atoms with Gasteiger partial charge in [-0.2, -0.15) is 0 Å². The van der Waals surface area contributed by atoms with E-state index in [1.165, 1.54) is 0 Å². The lowest BCUT2D eigenvalue weighted by Crippen LogP contribution is -2.23. The van der Waals surface area contributed by atoms with Gasteiger partial charge in [-0.05, 0) is 13.8 Å². The zero-order valence-electron chi connectivity index (χ0n) is 4.93. The van der Waals surface area contributed by atoms with Gasteiger partial charge in [0.05, 0.1) is 0 Å². The largest absolute Gasteiger partial charge is 0.480 e. The summed E-state index contributed by atoms with van der Waals surface area (Å²) in [6.07, 6.45) is 0. The maximum absolute atomic E-state index is 10.2. The summed E-state index contributed by atoms with van der Waals surface area (Å²) >= 11 is 0. The third kappa shape index (κ3) is 0.512. The van der Waals surface area contributed by atoms with E-state index in [0.29, 0.717) is 0 Å². The summed E-state index contributed by atoms with van der Waals surface area (Å²) in [4.78, 5) is 10.2. The topological polar surface area (TPSA) is 59.2 Å². The Bertz CT molecular complexity index is 134. The highest BCUT2D eigenvalue weighted by Crippen LogP contribution is 2.24. The van der Waals surface area contributed by atoms with Crippen LogP contribution in [0.15, 0.2) is 0 Å². The molecule has 0 aromatic rings. The SMILES string of the molecule is C[C@H]1NC1(C)C(=O)O. The zero-order valence-corrected chi connectivity index (χ0v) is 4.93. The second kappa shape index (κ2) is 1.23. The fourth-order valence-corrected chi connectivity index (χ4v) is 0.655. The Hall–Kier alpha value is -0.570. The van der Waals surface area contributed by atoms with Crippen molar-refractivity contribution in [2.24, 2.45) is 0 Å². The molecule has 0 aromatic carbocycles. The maximum atomic E-state index is 10.2. The third-order valence-electron chi connectivity index (χ3n) is 1.74. The molecule has 1 aliphatic heterocycles. The fraction of sp³-hybridized carbons (Fsp3) is 0.800. The van der Waals surface area contributed by atoms with Crippen molar-refractivity contribution in [1.29, 1.82) is 0 Å². The van der Waals surface area contributed by atoms with Crippen molar-refractivity contribution in [3.63, 3.8) is 0 Å². The Kier molecular flexibility index (Phi) is 0.854. The van der Waals surface area contributed by atoms with Crippen molar-refractivity contribution in [2.75, 3.05) is 0 Å². The summed E-state index contributed by atoms with van der Waals surface area (Å²) in [5.41, 5.74) is -0.625. The van der Waals surface area contributed by atoms with Crippen LogP contribution in [0.4, 0.5) is 0 Å². The quantitative estimate of drug-likeness (QED) is 0.466. The predicted octanol–water partition coefficient (Wildman–Crippen LogP) is -0.179. The molecule has 0 amide bonds. The number of carbonyl (C=O) groups is 1. The van der Waals surface area contributed by atoms with Gasteiger partial charge in [0.25, 0.3) is 0 Å². The number of hydrogen-bond acceptors (Lipinski definition) is 2. The van der Waals surface area contributed by atoms with E-state index < -0.39 is 11.5 Å². The van der Waals surface area contributed by atoms with Crippen molar-refractivity contribution >= 4 is 5.97 Å². The summed E-state index contributed by atoms with van der Waals surface area (Å²) in [6.45, 7) is 3.54. The molecule has 8 heavy (non-hydrogen) atoms. The molecule has 46 valence electrons. The average Bonchev–Trinajstić information content (AvgIpc) is 2.17. The molecule has 1 rings (SSSR count). The maximum Gasteiger partial charge on any atom is 0.325 e. The van der Waals surface area contributed by atoms with Crippen molar-refractivity contribution in [2.45, 2.75) is 25.4 Å². The van der Waals surface area contributed by atoms with Crippen LogP contribution in [0, 0.1) is 0 Å². The van der Waals surface area contributed by atoms with Gasteiger partial charge < -0.3 is 5.11 Å². The first-order valence-corrected chi connectivity index (χ1v) is 2.58. The highest BCUT2D eigenvalue weighted by molar-refractivity contribution is 5.83. The molecule has 0 spiro atoms. The van der Waals surface area contributed by atoms with E-state index >= 15 is 0 Å². The number of aliphatic carboxylic acids is 1. The molecule has 1 saturated heterocycles. The summed E-state index contributed by atoms with van der Waals surface area (Å²) < 4.78 is 0. The lowest BCUT2D eigenvalue weighted by molar-refractivity contribution is -0.139. The average molecular weight is 115 g/mol. The molecular formula is C5H9NO2. The molecule has 0 bridgehead atoms. The van der Waals surface area contributed by atoms with E-state index in [1.807, 2.05) is 6.92 Å². The second-order valence-corrected chi connectivity index (χ2v) is 2.37. The van der Waals surface area contributed by atoms with Gasteiger partial charge in [-0.1, -0.05) is 0 Å². The smallest absolute Gasteiger partial charge is 0.325 e. The van der Waals surface area contributed by atoms with Crippen molar-refractivity contribution in [3.05, 3.63) is 0 Å². The number of nitrogens with one attached hydrogen (secondary N) is 1. The summed E-state index contributed by atoms with van der Waals surface area (Å²) in [5.74, 6) is -0.759. The lowest BCUT2D eigenvalue weighted by atomic mass is 10.1. The molecule has 2 atom stereocenters. The minimum atomic E-state index is -0.759. The molecule has 1 fully saturated rings. The van der Waals surface area contributed by atoms with E-state index in [2.05, 4.69) is 5.32 Å². The van der Waals surface area contributed by atoms with E-state index in [0.717, 1.165) is 0 Å². The van der Waals surface area contributed by atoms with Gasteiger partial charge >= 0.3 is 5.97 Å². The molecule has 0 saturated carbocycles. The van der Waals surface area contributed by atoms with Crippen LogP contribution >= 0.6 is 0 Å². The van der Waals surface area contributed by atoms with Crippen LogP contribution in [-0.4, -0.2) is 22.7 Å². The summed E-state index contributed by atoms with van der Waals surface area (Å²) in [5, 5.41) is 11.2. The number of carboxylic acids is 1. The summed E-state index contributed by atoms with van der Waals surface area (Å²) in [6, 6.07) is 0.139. The Morgan fingerprint density at radius 3 is 2.25 bits per heavy atom. The zero-order chi connectivity index (χ0) is 6.36. The van der Waals surface area contributed by atoms with E-state index in [4.69, 9.17) is 5.11 Å². The third-order valence-corrected chi connectivity index (χ3v) is 1.74. The van der Waals surface area contributed by atoms with Crippen LogP contribution in [0.3, 0.4) is 0 Å². The molecule has 2 N–H and O–H groups in total. The standard InChI is InChI=1S/C5H9NO2/c1-3-5(2,6-3)4(7)8/h3,6H,1-2H3,(H,7,8)/t3-,5?/m1/s1. The normalized spacial score (nSPS) is 44.0. The predicted molar refractivity (Wildman–Crippen MR) is 28.6 cm³/mol.